The van der Waals surface area contributed by atoms with E-state index in [-0.39, 0.29) is 6.61 Å². The smallest absolute Gasteiger partial charge is 0.342 e. The Balaban J connectivity index is 1.67. The topological polar surface area (TPSA) is 65.7 Å². The minimum atomic E-state index is -0.521. The van der Waals surface area contributed by atoms with E-state index in [0.29, 0.717) is 28.0 Å². The van der Waals surface area contributed by atoms with E-state index < -0.39 is 11.9 Å². The second kappa shape index (κ2) is 9.13. The van der Waals surface area contributed by atoms with Gasteiger partial charge >= 0.3 is 11.9 Å². The van der Waals surface area contributed by atoms with Crippen LogP contribution in [0.3, 0.4) is 0 Å². The first-order valence-electron chi connectivity index (χ1n) is 9.89. The maximum Gasteiger partial charge on any atom is 0.342 e. The Morgan fingerprint density at radius 3 is 2.35 bits per heavy atom. The molecule has 5 nitrogen and oxygen atoms in total. The van der Waals surface area contributed by atoms with Crippen LogP contribution in [0.5, 0.6) is 5.75 Å². The van der Waals surface area contributed by atoms with Crippen LogP contribution in [0.4, 0.5) is 0 Å². The normalized spacial score (nSPS) is 11.0. The van der Waals surface area contributed by atoms with E-state index in [1.165, 1.54) is 6.08 Å². The number of rotatable bonds is 6. The number of hydrogen-bond donors (Lipinski definition) is 0. The van der Waals surface area contributed by atoms with Crippen molar-refractivity contribution in [1.82, 2.24) is 0 Å². The molecule has 0 aliphatic carbocycles. The molecule has 1 heterocycles. The molecular weight excluding hydrogens is 392 g/mol. The molecule has 0 unspecified atom stereocenters. The molecule has 0 radical (unpaired) electrons. The van der Waals surface area contributed by atoms with Gasteiger partial charge in [-0.2, -0.15) is 0 Å². The van der Waals surface area contributed by atoms with Gasteiger partial charge in [0.15, 0.2) is 0 Å². The second-order valence-corrected chi connectivity index (χ2v) is 6.72. The van der Waals surface area contributed by atoms with Crippen LogP contribution in [0.25, 0.3) is 28.4 Å². The van der Waals surface area contributed by atoms with Crippen LogP contribution in [0.15, 0.2) is 89.4 Å². The first-order valence-corrected chi connectivity index (χ1v) is 9.89. The summed E-state index contributed by atoms with van der Waals surface area (Å²) >= 11 is 0. The Hall–Kier alpha value is -4.12. The van der Waals surface area contributed by atoms with Crippen LogP contribution in [0.1, 0.15) is 22.8 Å². The average Bonchev–Trinajstić information content (AvgIpc) is 3.18. The van der Waals surface area contributed by atoms with E-state index in [0.717, 1.165) is 11.1 Å². The highest BCUT2D eigenvalue weighted by Gasteiger charge is 2.23. The minimum absolute atomic E-state index is 0.235. The summed E-state index contributed by atoms with van der Waals surface area (Å²) in [5.74, 6) is -0.289. The predicted molar refractivity (Wildman–Crippen MR) is 119 cm³/mol. The van der Waals surface area contributed by atoms with Gasteiger partial charge in [0.05, 0.1) is 6.61 Å². The van der Waals surface area contributed by atoms with Crippen LogP contribution in [0, 0.1) is 0 Å². The molecule has 3 aromatic carbocycles. The van der Waals surface area contributed by atoms with E-state index in [9.17, 15) is 9.59 Å². The van der Waals surface area contributed by atoms with E-state index in [1.54, 1.807) is 31.2 Å². The number of carbonyl (C=O) groups excluding carboxylic acids is 2. The molecule has 0 bridgehead atoms. The summed E-state index contributed by atoms with van der Waals surface area (Å²) < 4.78 is 16.6. The zero-order valence-corrected chi connectivity index (χ0v) is 16.9. The van der Waals surface area contributed by atoms with Gasteiger partial charge in [-0.15, -0.1) is 0 Å². The first-order chi connectivity index (χ1) is 15.2. The molecule has 0 atom stereocenters. The van der Waals surface area contributed by atoms with Crippen molar-refractivity contribution in [2.45, 2.75) is 6.92 Å². The van der Waals surface area contributed by atoms with Gasteiger partial charge in [0.25, 0.3) is 0 Å². The van der Waals surface area contributed by atoms with Crippen molar-refractivity contribution in [2.75, 3.05) is 6.61 Å². The molecule has 0 saturated heterocycles. The van der Waals surface area contributed by atoms with Crippen LogP contribution in [0.2, 0.25) is 0 Å². The number of fused-ring (bicyclic) bond motifs is 1. The van der Waals surface area contributed by atoms with Gasteiger partial charge in [0.2, 0.25) is 0 Å². The zero-order valence-electron chi connectivity index (χ0n) is 16.9. The van der Waals surface area contributed by atoms with Gasteiger partial charge in [-0.05, 0) is 36.8 Å². The van der Waals surface area contributed by atoms with Crippen LogP contribution in [-0.2, 0) is 9.53 Å². The monoisotopic (exact) mass is 412 g/mol. The van der Waals surface area contributed by atoms with Gasteiger partial charge in [0.1, 0.15) is 22.7 Å². The summed E-state index contributed by atoms with van der Waals surface area (Å²) in [7, 11) is 0. The summed E-state index contributed by atoms with van der Waals surface area (Å²) in [6.07, 6.45) is 3.03. The molecule has 0 aliphatic rings. The van der Waals surface area contributed by atoms with Crippen molar-refractivity contribution in [3.05, 3.63) is 96.1 Å². The zero-order chi connectivity index (χ0) is 21.6. The van der Waals surface area contributed by atoms with Gasteiger partial charge in [-0.1, -0.05) is 60.7 Å². The Kier molecular flexibility index (Phi) is 5.94. The Labute approximate surface area is 179 Å². The van der Waals surface area contributed by atoms with E-state index in [4.69, 9.17) is 13.9 Å². The summed E-state index contributed by atoms with van der Waals surface area (Å²) in [6.45, 7) is 1.98. The molecular formula is C26H20O5. The molecule has 0 spiro atoms. The molecule has 0 aliphatic heterocycles. The molecule has 0 N–H and O–H groups in total. The Bertz CT molecular complexity index is 1240. The number of ether oxygens (including phenoxy) is 2. The molecule has 1 aromatic heterocycles. The highest BCUT2D eigenvalue weighted by molar-refractivity contribution is 6.09. The van der Waals surface area contributed by atoms with Gasteiger partial charge in [-0.3, -0.25) is 0 Å². The fourth-order valence-electron chi connectivity index (χ4n) is 3.22. The van der Waals surface area contributed by atoms with Crippen LogP contribution >= 0.6 is 0 Å². The predicted octanol–water partition coefficient (Wildman–Crippen LogP) is 5.90. The average molecular weight is 412 g/mol. The van der Waals surface area contributed by atoms with Crippen LogP contribution < -0.4 is 4.74 Å². The molecule has 5 heteroatoms. The molecule has 0 fully saturated rings. The van der Waals surface area contributed by atoms with Gasteiger partial charge < -0.3 is 13.9 Å². The quantitative estimate of drug-likeness (QED) is 0.224. The summed E-state index contributed by atoms with van der Waals surface area (Å²) in [4.78, 5) is 25.0. The molecule has 0 amide bonds. The molecule has 4 aromatic rings. The van der Waals surface area contributed by atoms with Crippen molar-refractivity contribution in [3.8, 4) is 17.1 Å². The van der Waals surface area contributed by atoms with Gasteiger partial charge in [-0.25, -0.2) is 9.59 Å². The third-order valence-corrected chi connectivity index (χ3v) is 4.60. The molecule has 4 rings (SSSR count). The number of esters is 2. The standard InChI is InChI=1S/C26H20O5/c1-2-29-26(28)24-21-17-20(30-23(27)16-13-18-9-5-3-6-10-18)14-15-22(21)31-25(24)19-11-7-4-8-12-19/h3-17H,2H2,1H3/b16-13+. The largest absolute Gasteiger partial charge is 0.462 e. The molecule has 31 heavy (non-hydrogen) atoms. The summed E-state index contributed by atoms with van der Waals surface area (Å²) in [5, 5.41) is 0.523. The minimum Gasteiger partial charge on any atom is -0.462 e. The number of furan rings is 1. The number of hydrogen-bond acceptors (Lipinski definition) is 5. The lowest BCUT2D eigenvalue weighted by molar-refractivity contribution is -0.128. The van der Waals surface area contributed by atoms with Crippen molar-refractivity contribution < 1.29 is 23.5 Å². The second-order valence-electron chi connectivity index (χ2n) is 6.72. The van der Waals surface area contributed by atoms with E-state index >= 15 is 0 Å². The van der Waals surface area contributed by atoms with Crippen molar-refractivity contribution in [3.63, 3.8) is 0 Å². The lowest BCUT2D eigenvalue weighted by atomic mass is 10.1. The maximum atomic E-state index is 12.7. The number of benzene rings is 3. The highest BCUT2D eigenvalue weighted by atomic mass is 16.5. The van der Waals surface area contributed by atoms with Gasteiger partial charge in [0, 0.05) is 17.0 Å². The van der Waals surface area contributed by atoms with Crippen LogP contribution in [-0.4, -0.2) is 18.5 Å². The maximum absolute atomic E-state index is 12.7. The molecule has 154 valence electrons. The highest BCUT2D eigenvalue weighted by Crippen LogP contribution is 2.36. The van der Waals surface area contributed by atoms with Crippen molar-refractivity contribution in [1.29, 1.82) is 0 Å². The fraction of sp³-hybridized carbons (Fsp3) is 0.0769. The Morgan fingerprint density at radius 1 is 0.935 bits per heavy atom. The van der Waals surface area contributed by atoms with E-state index in [1.807, 2.05) is 60.7 Å². The summed E-state index contributed by atoms with van der Waals surface area (Å²) in [5.41, 5.74) is 2.45. The van der Waals surface area contributed by atoms with Crippen molar-refractivity contribution in [2.24, 2.45) is 0 Å². The Morgan fingerprint density at radius 2 is 1.65 bits per heavy atom. The molecule has 0 saturated carbocycles. The number of carbonyl (C=O) groups is 2. The van der Waals surface area contributed by atoms with Crippen molar-refractivity contribution >= 4 is 29.0 Å². The SMILES string of the molecule is CCOC(=O)c1c(-c2ccccc2)oc2ccc(OC(=O)/C=C/c3ccccc3)cc12. The first kappa shape index (κ1) is 20.2. The third kappa shape index (κ3) is 4.56. The van der Waals surface area contributed by atoms with E-state index in [2.05, 4.69) is 0 Å². The lowest BCUT2D eigenvalue weighted by Gasteiger charge is -2.04. The fourth-order valence-corrected chi connectivity index (χ4v) is 3.22. The lowest BCUT2D eigenvalue weighted by Crippen LogP contribution is -2.06. The summed E-state index contributed by atoms with van der Waals surface area (Å²) in [6, 6.07) is 23.7. The third-order valence-electron chi connectivity index (χ3n) is 4.60.